The second kappa shape index (κ2) is 11.6. The maximum atomic E-state index is 13.0. The van der Waals surface area contributed by atoms with Crippen LogP contribution in [-0.4, -0.2) is 19.0 Å². The Hall–Kier alpha value is -4.38. The largest absolute Gasteiger partial charge is 0.465 e. The third-order valence-electron chi connectivity index (χ3n) is 7.23. The second-order valence-corrected chi connectivity index (χ2v) is 10.0. The zero-order valence-corrected chi connectivity index (χ0v) is 23.5. The van der Waals surface area contributed by atoms with E-state index in [1.807, 2.05) is 13.8 Å². The Balaban J connectivity index is 1.46. The lowest BCUT2D eigenvalue weighted by Gasteiger charge is -2.19. The van der Waals surface area contributed by atoms with Crippen molar-refractivity contribution in [1.82, 2.24) is 0 Å². The van der Waals surface area contributed by atoms with Gasteiger partial charge in [-0.15, -0.1) is 0 Å². The van der Waals surface area contributed by atoms with Crippen molar-refractivity contribution >= 4 is 11.9 Å². The van der Waals surface area contributed by atoms with E-state index >= 15 is 0 Å². The van der Waals surface area contributed by atoms with E-state index in [0.717, 1.165) is 11.1 Å². The van der Waals surface area contributed by atoms with Crippen LogP contribution in [-0.2, 0) is 4.74 Å². The minimum absolute atomic E-state index is 0.217. The van der Waals surface area contributed by atoms with Crippen LogP contribution in [0.25, 0.3) is 0 Å². The number of hydrogen-bond donors (Lipinski definition) is 0. The molecule has 0 fully saturated rings. The van der Waals surface area contributed by atoms with E-state index in [-0.39, 0.29) is 5.92 Å². The smallest absolute Gasteiger partial charge is 0.343 e. The highest BCUT2D eigenvalue weighted by atomic mass is 16.5. The Morgan fingerprint density at radius 2 is 1.03 bits per heavy atom. The molecule has 4 aromatic rings. The zero-order chi connectivity index (χ0) is 28.3. The first-order valence-electron chi connectivity index (χ1n) is 12.9. The van der Waals surface area contributed by atoms with Gasteiger partial charge in [0.15, 0.2) is 0 Å². The van der Waals surface area contributed by atoms with Gasteiger partial charge >= 0.3 is 11.9 Å². The van der Waals surface area contributed by atoms with Gasteiger partial charge in [-0.3, -0.25) is 0 Å². The van der Waals surface area contributed by atoms with Crippen LogP contribution in [0.2, 0.25) is 0 Å². The van der Waals surface area contributed by atoms with Gasteiger partial charge in [-0.25, -0.2) is 9.59 Å². The molecule has 4 aromatic carbocycles. The minimum atomic E-state index is -0.430. The minimum Gasteiger partial charge on any atom is -0.465 e. The normalized spacial score (nSPS) is 11.6. The number of methoxy groups -OCH3 is 1. The molecule has 0 radical (unpaired) electrons. The standard InChI is InChI=1S/C34H34O5/c1-20-16-28(17-21(2)24(20)5)25(6)29-18-22(3)32(23(4)19-29)39-34(36)27-10-14-31(15-11-27)38-30-12-8-26(9-13-30)33(35)37-7/h8-19,25H,1-7H3. The molecule has 0 aliphatic carbocycles. The fraction of sp³-hybridized carbons (Fsp3) is 0.235. The Morgan fingerprint density at radius 3 is 1.46 bits per heavy atom. The Morgan fingerprint density at radius 1 is 0.615 bits per heavy atom. The van der Waals surface area contributed by atoms with Crippen molar-refractivity contribution in [3.63, 3.8) is 0 Å². The van der Waals surface area contributed by atoms with Crippen LogP contribution in [0.5, 0.6) is 17.2 Å². The van der Waals surface area contributed by atoms with Gasteiger partial charge in [0, 0.05) is 5.92 Å². The van der Waals surface area contributed by atoms with Crippen LogP contribution in [0.3, 0.4) is 0 Å². The first kappa shape index (κ1) is 27.6. The van der Waals surface area contributed by atoms with Crippen molar-refractivity contribution in [1.29, 1.82) is 0 Å². The molecule has 1 atom stereocenters. The summed E-state index contributed by atoms with van der Waals surface area (Å²) >= 11 is 0. The van der Waals surface area contributed by atoms with Crippen LogP contribution in [0.1, 0.15) is 72.5 Å². The van der Waals surface area contributed by atoms with Gasteiger partial charge in [0.2, 0.25) is 0 Å². The molecule has 0 saturated carbocycles. The quantitative estimate of drug-likeness (QED) is 0.181. The van der Waals surface area contributed by atoms with Crippen molar-refractivity contribution in [3.05, 3.63) is 123 Å². The lowest BCUT2D eigenvalue weighted by atomic mass is 9.87. The third kappa shape index (κ3) is 6.20. The average molecular weight is 523 g/mol. The molecule has 0 aliphatic heterocycles. The number of hydrogen-bond acceptors (Lipinski definition) is 5. The number of benzene rings is 4. The monoisotopic (exact) mass is 522 g/mol. The summed E-state index contributed by atoms with van der Waals surface area (Å²) in [5.74, 6) is 1.09. The molecule has 39 heavy (non-hydrogen) atoms. The maximum absolute atomic E-state index is 13.0. The zero-order valence-electron chi connectivity index (χ0n) is 23.5. The summed E-state index contributed by atoms with van der Waals surface area (Å²) in [4.78, 5) is 24.5. The van der Waals surface area contributed by atoms with E-state index in [4.69, 9.17) is 14.2 Å². The number of carbonyl (C=O) groups is 2. The molecule has 0 aliphatic rings. The van der Waals surface area contributed by atoms with Crippen LogP contribution in [0.4, 0.5) is 0 Å². The number of esters is 2. The summed E-state index contributed by atoms with van der Waals surface area (Å²) in [6.07, 6.45) is 0. The molecule has 0 aromatic heterocycles. The van der Waals surface area contributed by atoms with E-state index in [0.29, 0.717) is 28.4 Å². The summed E-state index contributed by atoms with van der Waals surface area (Å²) in [6, 6.07) is 22.1. The number of rotatable bonds is 7. The first-order valence-corrected chi connectivity index (χ1v) is 12.9. The Labute approximate surface area is 230 Å². The number of ether oxygens (including phenoxy) is 3. The van der Waals surface area contributed by atoms with Gasteiger partial charge in [-0.1, -0.05) is 31.2 Å². The van der Waals surface area contributed by atoms with Gasteiger partial charge < -0.3 is 14.2 Å². The lowest BCUT2D eigenvalue weighted by Crippen LogP contribution is -2.11. The molecular weight excluding hydrogens is 488 g/mol. The molecule has 5 heteroatoms. The molecule has 200 valence electrons. The predicted molar refractivity (Wildman–Crippen MR) is 153 cm³/mol. The molecule has 1 unspecified atom stereocenters. The third-order valence-corrected chi connectivity index (χ3v) is 7.23. The molecule has 0 heterocycles. The van der Waals surface area contributed by atoms with E-state index < -0.39 is 11.9 Å². The molecule has 0 N–H and O–H groups in total. The summed E-state index contributed by atoms with van der Waals surface area (Å²) in [6.45, 7) is 12.6. The number of carbonyl (C=O) groups excluding carboxylic acids is 2. The summed E-state index contributed by atoms with van der Waals surface area (Å²) in [5.41, 5.74) is 9.08. The van der Waals surface area contributed by atoms with Crippen molar-refractivity contribution in [2.75, 3.05) is 7.11 Å². The highest BCUT2D eigenvalue weighted by Gasteiger charge is 2.17. The summed E-state index contributed by atoms with van der Waals surface area (Å²) in [7, 11) is 1.34. The second-order valence-electron chi connectivity index (χ2n) is 10.0. The molecular formula is C34H34O5. The fourth-order valence-electron chi connectivity index (χ4n) is 4.63. The van der Waals surface area contributed by atoms with Gasteiger partial charge in [0.05, 0.1) is 18.2 Å². The fourth-order valence-corrected chi connectivity index (χ4v) is 4.63. The van der Waals surface area contributed by atoms with Crippen molar-refractivity contribution < 1.29 is 23.8 Å². The molecule has 0 spiro atoms. The van der Waals surface area contributed by atoms with E-state index in [1.54, 1.807) is 48.5 Å². The van der Waals surface area contributed by atoms with Crippen LogP contribution >= 0.6 is 0 Å². The van der Waals surface area contributed by atoms with Crippen molar-refractivity contribution in [2.45, 2.75) is 47.5 Å². The van der Waals surface area contributed by atoms with Crippen molar-refractivity contribution in [2.24, 2.45) is 0 Å². The first-order chi connectivity index (χ1) is 18.6. The van der Waals surface area contributed by atoms with E-state index in [2.05, 4.69) is 52.0 Å². The SMILES string of the molecule is COC(=O)c1ccc(Oc2ccc(C(=O)Oc3c(C)cc(C(C)c4cc(C)c(C)c(C)c4)cc3C)cc2)cc1. The highest BCUT2D eigenvalue weighted by Crippen LogP contribution is 2.33. The number of aryl methyl sites for hydroxylation is 4. The average Bonchev–Trinajstić information content (AvgIpc) is 2.93. The van der Waals surface area contributed by atoms with E-state index in [1.165, 1.54) is 34.9 Å². The highest BCUT2D eigenvalue weighted by molar-refractivity contribution is 5.91. The summed E-state index contributed by atoms with van der Waals surface area (Å²) < 4.78 is 16.4. The van der Waals surface area contributed by atoms with Crippen LogP contribution in [0, 0.1) is 34.6 Å². The topological polar surface area (TPSA) is 61.8 Å². The lowest BCUT2D eigenvalue weighted by molar-refractivity contribution is 0.0600. The van der Waals surface area contributed by atoms with Crippen LogP contribution < -0.4 is 9.47 Å². The van der Waals surface area contributed by atoms with E-state index in [9.17, 15) is 9.59 Å². The molecule has 5 nitrogen and oxygen atoms in total. The summed E-state index contributed by atoms with van der Waals surface area (Å²) in [5, 5.41) is 0. The van der Waals surface area contributed by atoms with Crippen LogP contribution in [0.15, 0.2) is 72.8 Å². The van der Waals surface area contributed by atoms with Crippen molar-refractivity contribution in [3.8, 4) is 17.2 Å². The Kier molecular flexibility index (Phi) is 8.20. The molecule has 0 saturated heterocycles. The van der Waals surface area contributed by atoms with Gasteiger partial charge in [-0.2, -0.15) is 0 Å². The molecule has 0 amide bonds. The van der Waals surface area contributed by atoms with Gasteiger partial charge in [0.25, 0.3) is 0 Å². The molecule has 4 rings (SSSR count). The Bertz CT molecular complexity index is 1470. The van der Waals surface area contributed by atoms with Gasteiger partial charge in [0.1, 0.15) is 17.2 Å². The predicted octanol–water partition coefficient (Wildman–Crippen LogP) is 8.18. The molecule has 0 bridgehead atoms. The maximum Gasteiger partial charge on any atom is 0.343 e. The van der Waals surface area contributed by atoms with Gasteiger partial charge in [-0.05, 0) is 122 Å².